The fourth-order valence-electron chi connectivity index (χ4n) is 8.91. The minimum Gasteiger partial charge on any atom is -0.207 e. The Kier molecular flexibility index (Phi) is 5.74. The second kappa shape index (κ2) is 9.87. The van der Waals surface area contributed by atoms with Crippen molar-refractivity contribution in [3.63, 3.8) is 0 Å². The van der Waals surface area contributed by atoms with Gasteiger partial charge in [-0.3, -0.25) is 0 Å². The zero-order chi connectivity index (χ0) is 30.0. The van der Waals surface area contributed by atoms with Crippen LogP contribution < -0.4 is 0 Å². The summed E-state index contributed by atoms with van der Waals surface area (Å²) in [6.07, 6.45) is 10.0. The van der Waals surface area contributed by atoms with Crippen molar-refractivity contribution < 1.29 is 4.39 Å². The highest BCUT2D eigenvalue weighted by molar-refractivity contribution is 5.91. The maximum Gasteiger partial charge on any atom is 0.123 e. The summed E-state index contributed by atoms with van der Waals surface area (Å²) in [5.41, 5.74) is 13.1. The Morgan fingerprint density at radius 3 is 1.87 bits per heavy atom. The van der Waals surface area contributed by atoms with Crippen LogP contribution in [0.4, 0.5) is 4.39 Å². The number of benzene rings is 6. The Morgan fingerprint density at radius 1 is 0.489 bits per heavy atom. The van der Waals surface area contributed by atoms with Crippen molar-refractivity contribution in [2.24, 2.45) is 5.92 Å². The highest BCUT2D eigenvalue weighted by Gasteiger charge is 2.58. The van der Waals surface area contributed by atoms with Gasteiger partial charge in [0, 0.05) is 0 Å². The predicted molar refractivity (Wildman–Crippen MR) is 182 cm³/mol. The van der Waals surface area contributed by atoms with Gasteiger partial charge in [-0.05, 0) is 85.7 Å². The molecule has 0 fully saturated rings. The molecule has 6 aromatic carbocycles. The van der Waals surface area contributed by atoms with E-state index in [1.165, 1.54) is 50.1 Å². The topological polar surface area (TPSA) is 0 Å². The molecule has 0 spiro atoms. The minimum atomic E-state index is -0.505. The van der Waals surface area contributed by atoms with Gasteiger partial charge in [-0.15, -0.1) is 0 Å². The average molecular weight is 579 g/mol. The SMILES string of the molecule is Fc1ccc(-c2ccccc2C2(C3C=CC=CC3)c3ccccc3C3(c4ccccc4)c4ccccc4-c4cccc2c43)cc1. The molecule has 0 radical (unpaired) electrons. The molecule has 6 aromatic rings. The lowest BCUT2D eigenvalue weighted by molar-refractivity contribution is 0.424. The van der Waals surface area contributed by atoms with Crippen LogP contribution >= 0.6 is 0 Å². The summed E-state index contributed by atoms with van der Waals surface area (Å²) >= 11 is 0. The summed E-state index contributed by atoms with van der Waals surface area (Å²) in [6.45, 7) is 0. The summed E-state index contributed by atoms with van der Waals surface area (Å²) < 4.78 is 14.2. The van der Waals surface area contributed by atoms with E-state index in [0.717, 1.165) is 17.5 Å². The molecule has 3 aliphatic rings. The van der Waals surface area contributed by atoms with Crippen LogP contribution in [0.25, 0.3) is 22.3 Å². The van der Waals surface area contributed by atoms with Crippen molar-refractivity contribution in [2.45, 2.75) is 17.3 Å². The predicted octanol–water partition coefficient (Wildman–Crippen LogP) is 10.6. The van der Waals surface area contributed by atoms with Gasteiger partial charge in [-0.2, -0.15) is 0 Å². The van der Waals surface area contributed by atoms with Gasteiger partial charge in [0.05, 0.1) is 10.8 Å². The summed E-state index contributed by atoms with van der Waals surface area (Å²) in [5, 5.41) is 0. The highest BCUT2D eigenvalue weighted by atomic mass is 19.1. The molecule has 0 saturated carbocycles. The minimum absolute atomic E-state index is 0.161. The van der Waals surface area contributed by atoms with E-state index in [9.17, 15) is 4.39 Å². The molecular weight excluding hydrogens is 547 g/mol. The molecule has 0 aliphatic heterocycles. The van der Waals surface area contributed by atoms with Gasteiger partial charge in [0.15, 0.2) is 0 Å². The molecule has 3 aliphatic carbocycles. The van der Waals surface area contributed by atoms with E-state index < -0.39 is 10.8 Å². The van der Waals surface area contributed by atoms with Crippen LogP contribution in [0.15, 0.2) is 170 Å². The maximum atomic E-state index is 14.2. The second-order valence-electron chi connectivity index (χ2n) is 12.5. The Balaban J connectivity index is 1.49. The van der Waals surface area contributed by atoms with Crippen LogP contribution in [0.1, 0.15) is 45.4 Å². The number of fused-ring (bicyclic) bond motifs is 5. The molecule has 0 bridgehead atoms. The first-order chi connectivity index (χ1) is 22.3. The Morgan fingerprint density at radius 2 is 1.11 bits per heavy atom. The number of halogens is 1. The first-order valence-corrected chi connectivity index (χ1v) is 15.8. The van der Waals surface area contributed by atoms with E-state index in [-0.39, 0.29) is 11.7 Å². The van der Waals surface area contributed by atoms with Crippen LogP contribution in [0.2, 0.25) is 0 Å². The molecule has 0 amide bonds. The van der Waals surface area contributed by atoms with E-state index in [1.807, 2.05) is 12.1 Å². The first-order valence-electron chi connectivity index (χ1n) is 15.8. The molecule has 1 heteroatoms. The van der Waals surface area contributed by atoms with Crippen LogP contribution in [0, 0.1) is 11.7 Å². The molecule has 3 atom stereocenters. The molecule has 214 valence electrons. The largest absolute Gasteiger partial charge is 0.207 e. The number of hydrogen-bond acceptors (Lipinski definition) is 0. The molecule has 3 unspecified atom stereocenters. The molecule has 0 aromatic heterocycles. The van der Waals surface area contributed by atoms with Crippen LogP contribution in [0.5, 0.6) is 0 Å². The third-order valence-corrected chi connectivity index (χ3v) is 10.5. The number of allylic oxidation sites excluding steroid dienone is 4. The van der Waals surface area contributed by atoms with Gasteiger partial charge >= 0.3 is 0 Å². The van der Waals surface area contributed by atoms with Gasteiger partial charge in [-0.25, -0.2) is 4.39 Å². The average Bonchev–Trinajstić information content (AvgIpc) is 3.42. The Bertz CT molecular complexity index is 2150. The van der Waals surface area contributed by atoms with Crippen LogP contribution in [-0.4, -0.2) is 0 Å². The molecule has 45 heavy (non-hydrogen) atoms. The zero-order valence-electron chi connectivity index (χ0n) is 24.8. The quantitative estimate of drug-likeness (QED) is 0.195. The monoisotopic (exact) mass is 578 g/mol. The first kappa shape index (κ1) is 26.2. The molecule has 0 nitrogen and oxygen atoms in total. The van der Waals surface area contributed by atoms with Gasteiger partial charge in [0.1, 0.15) is 5.82 Å². The molecule has 0 saturated heterocycles. The van der Waals surface area contributed by atoms with E-state index in [4.69, 9.17) is 0 Å². The zero-order valence-corrected chi connectivity index (χ0v) is 24.8. The van der Waals surface area contributed by atoms with Crippen LogP contribution in [-0.2, 0) is 10.8 Å². The fraction of sp³-hybridized carbons (Fsp3) is 0.0909. The van der Waals surface area contributed by atoms with Crippen molar-refractivity contribution in [1.29, 1.82) is 0 Å². The lowest BCUT2D eigenvalue weighted by atomic mass is 9.49. The van der Waals surface area contributed by atoms with Gasteiger partial charge in [0.2, 0.25) is 0 Å². The van der Waals surface area contributed by atoms with Crippen molar-refractivity contribution in [3.05, 3.63) is 215 Å². The maximum absolute atomic E-state index is 14.2. The van der Waals surface area contributed by atoms with Gasteiger partial charge < -0.3 is 0 Å². The van der Waals surface area contributed by atoms with Crippen molar-refractivity contribution in [2.75, 3.05) is 0 Å². The molecule has 0 heterocycles. The third kappa shape index (κ3) is 3.41. The summed E-state index contributed by atoms with van der Waals surface area (Å²) in [5.74, 6) is -0.0603. The fourth-order valence-corrected chi connectivity index (χ4v) is 8.91. The third-order valence-electron chi connectivity index (χ3n) is 10.5. The van der Waals surface area contributed by atoms with E-state index in [0.29, 0.717) is 0 Å². The highest BCUT2D eigenvalue weighted by Crippen LogP contribution is 2.66. The lowest BCUT2D eigenvalue weighted by Crippen LogP contribution is -2.47. The second-order valence-corrected chi connectivity index (χ2v) is 12.5. The molecular formula is C44H31F. The van der Waals surface area contributed by atoms with E-state index in [1.54, 1.807) is 12.1 Å². The number of rotatable bonds is 4. The molecule has 0 N–H and O–H groups in total. The summed E-state index contributed by atoms with van der Waals surface area (Å²) in [4.78, 5) is 0. The van der Waals surface area contributed by atoms with Crippen LogP contribution in [0.3, 0.4) is 0 Å². The van der Waals surface area contributed by atoms with E-state index in [2.05, 4.69) is 146 Å². The Hall–Kier alpha value is -5.27. The standard InChI is InChI=1S/C44H31F/c45-33-28-26-30(27-29-33)34-18-7-9-21-37(34)43(31-14-3-1-4-15-31)39-23-11-12-24-40(39)44(32-16-5-2-6-17-32)38-22-10-8-19-35(38)36-20-13-25-41(43)42(36)44/h1-14,16-29,31H,15H2. The van der Waals surface area contributed by atoms with Gasteiger partial charge in [-0.1, -0.05) is 158 Å². The molecule has 9 rings (SSSR count). The van der Waals surface area contributed by atoms with Crippen molar-refractivity contribution >= 4 is 0 Å². The number of hydrogen-bond donors (Lipinski definition) is 0. The van der Waals surface area contributed by atoms with E-state index >= 15 is 0 Å². The van der Waals surface area contributed by atoms with Gasteiger partial charge in [0.25, 0.3) is 0 Å². The van der Waals surface area contributed by atoms with Crippen molar-refractivity contribution in [1.82, 2.24) is 0 Å². The lowest BCUT2D eigenvalue weighted by Gasteiger charge is -2.52. The summed E-state index contributed by atoms with van der Waals surface area (Å²) in [7, 11) is 0. The summed E-state index contributed by atoms with van der Waals surface area (Å²) in [6, 6.07) is 52.1. The smallest absolute Gasteiger partial charge is 0.123 e. The Labute approximate surface area is 263 Å². The van der Waals surface area contributed by atoms with Crippen molar-refractivity contribution in [3.8, 4) is 22.3 Å². The normalized spacial score (nSPS) is 22.0.